The Hall–Kier alpha value is -0.570. The first kappa shape index (κ1) is 9.52. The molecular formula is C9H18N2O. The van der Waals surface area contributed by atoms with Gasteiger partial charge >= 0.3 is 0 Å². The lowest BCUT2D eigenvalue weighted by Crippen LogP contribution is -2.41. The second kappa shape index (κ2) is 4.45. The van der Waals surface area contributed by atoms with Crippen molar-refractivity contribution in [3.8, 4) is 0 Å². The van der Waals surface area contributed by atoms with Crippen LogP contribution in [0.3, 0.4) is 0 Å². The number of amides is 1. The summed E-state index contributed by atoms with van der Waals surface area (Å²) in [6, 6.07) is -0.122. The average molecular weight is 170 g/mol. The van der Waals surface area contributed by atoms with Crippen molar-refractivity contribution < 1.29 is 4.79 Å². The van der Waals surface area contributed by atoms with Crippen LogP contribution in [0.25, 0.3) is 0 Å². The van der Waals surface area contributed by atoms with Crippen molar-refractivity contribution in [2.24, 2.45) is 11.7 Å². The third-order valence-corrected chi connectivity index (χ3v) is 2.39. The Morgan fingerprint density at radius 1 is 1.67 bits per heavy atom. The van der Waals surface area contributed by atoms with E-state index in [1.165, 1.54) is 19.3 Å². The number of carbonyl (C=O) groups is 1. The summed E-state index contributed by atoms with van der Waals surface area (Å²) in [4.78, 5) is 10.8. The maximum Gasteiger partial charge on any atom is 0.234 e. The summed E-state index contributed by atoms with van der Waals surface area (Å²) in [7, 11) is 0. The molecule has 1 rings (SSSR count). The predicted octanol–water partition coefficient (Wildman–Crippen LogP) is 0.640. The van der Waals surface area contributed by atoms with Crippen LogP contribution in [0.15, 0.2) is 0 Å². The molecule has 1 fully saturated rings. The van der Waals surface area contributed by atoms with Crippen LogP contribution in [0.5, 0.6) is 0 Å². The van der Waals surface area contributed by atoms with Crippen molar-refractivity contribution >= 4 is 5.91 Å². The highest BCUT2D eigenvalue weighted by atomic mass is 16.1. The first-order valence-corrected chi connectivity index (χ1v) is 4.76. The molecule has 1 atom stereocenters. The van der Waals surface area contributed by atoms with Gasteiger partial charge in [-0.25, -0.2) is 0 Å². The van der Waals surface area contributed by atoms with Gasteiger partial charge in [-0.1, -0.05) is 19.8 Å². The summed E-state index contributed by atoms with van der Waals surface area (Å²) in [5, 5.41) is 3.17. The van der Waals surface area contributed by atoms with Crippen molar-refractivity contribution in [2.45, 2.75) is 38.6 Å². The highest BCUT2D eigenvalue weighted by molar-refractivity contribution is 5.79. The van der Waals surface area contributed by atoms with E-state index in [0.717, 1.165) is 18.9 Å². The van der Waals surface area contributed by atoms with Gasteiger partial charge in [-0.2, -0.15) is 0 Å². The molecule has 0 aromatic rings. The van der Waals surface area contributed by atoms with Crippen molar-refractivity contribution in [3.63, 3.8) is 0 Å². The van der Waals surface area contributed by atoms with E-state index < -0.39 is 0 Å². The molecule has 1 unspecified atom stereocenters. The summed E-state index contributed by atoms with van der Waals surface area (Å²) in [5.74, 6) is 0.691. The highest BCUT2D eigenvalue weighted by Gasteiger charge is 2.21. The Bertz CT molecular complexity index is 155. The smallest absolute Gasteiger partial charge is 0.234 e. The summed E-state index contributed by atoms with van der Waals surface area (Å²) < 4.78 is 0. The van der Waals surface area contributed by atoms with Gasteiger partial charge in [0.05, 0.1) is 6.04 Å². The van der Waals surface area contributed by atoms with E-state index in [-0.39, 0.29) is 11.9 Å². The molecule has 0 aromatic heterocycles. The molecule has 3 N–H and O–H groups in total. The summed E-state index contributed by atoms with van der Waals surface area (Å²) >= 11 is 0. The lowest BCUT2D eigenvalue weighted by Gasteiger charge is -2.12. The van der Waals surface area contributed by atoms with Crippen LogP contribution in [0.1, 0.15) is 32.6 Å². The Labute approximate surface area is 73.7 Å². The van der Waals surface area contributed by atoms with Gasteiger partial charge in [0.2, 0.25) is 5.91 Å². The number of carbonyl (C=O) groups excluding carboxylic acids is 1. The van der Waals surface area contributed by atoms with Crippen LogP contribution in [-0.4, -0.2) is 18.5 Å². The van der Waals surface area contributed by atoms with E-state index in [1.807, 2.05) is 6.92 Å². The first-order valence-electron chi connectivity index (χ1n) is 4.76. The first-order chi connectivity index (χ1) is 5.74. The van der Waals surface area contributed by atoms with E-state index in [0.29, 0.717) is 0 Å². The predicted molar refractivity (Wildman–Crippen MR) is 48.6 cm³/mol. The zero-order valence-corrected chi connectivity index (χ0v) is 7.68. The fourth-order valence-corrected chi connectivity index (χ4v) is 1.31. The Morgan fingerprint density at radius 3 is 2.75 bits per heavy atom. The van der Waals surface area contributed by atoms with Crippen molar-refractivity contribution in [1.29, 1.82) is 0 Å². The molecule has 1 aliphatic carbocycles. The molecule has 1 aliphatic rings. The SMILES string of the molecule is CCC(NCCC1CC1)C(N)=O. The molecule has 12 heavy (non-hydrogen) atoms. The van der Waals surface area contributed by atoms with Crippen molar-refractivity contribution in [1.82, 2.24) is 5.32 Å². The van der Waals surface area contributed by atoms with Crippen LogP contribution in [-0.2, 0) is 4.79 Å². The number of rotatable bonds is 6. The second-order valence-electron chi connectivity index (χ2n) is 3.55. The van der Waals surface area contributed by atoms with E-state index in [2.05, 4.69) is 5.32 Å². The van der Waals surface area contributed by atoms with Crippen LogP contribution < -0.4 is 11.1 Å². The third kappa shape index (κ3) is 3.22. The Kier molecular flexibility index (Phi) is 3.53. The molecule has 0 saturated heterocycles. The van der Waals surface area contributed by atoms with Crippen LogP contribution in [0.2, 0.25) is 0 Å². The fraction of sp³-hybridized carbons (Fsp3) is 0.889. The van der Waals surface area contributed by atoms with E-state index in [4.69, 9.17) is 5.73 Å². The average Bonchev–Trinajstić information content (AvgIpc) is 2.80. The summed E-state index contributed by atoms with van der Waals surface area (Å²) in [5.41, 5.74) is 5.18. The molecule has 0 aliphatic heterocycles. The van der Waals surface area contributed by atoms with Gasteiger partial charge in [-0.15, -0.1) is 0 Å². The standard InChI is InChI=1S/C9H18N2O/c1-2-8(9(10)12)11-6-5-7-3-4-7/h7-8,11H,2-6H2,1H3,(H2,10,12). The number of nitrogens with one attached hydrogen (secondary N) is 1. The van der Waals surface area contributed by atoms with Gasteiger partial charge in [0, 0.05) is 0 Å². The molecule has 1 amide bonds. The summed E-state index contributed by atoms with van der Waals surface area (Å²) in [6.07, 6.45) is 4.73. The molecule has 0 spiro atoms. The monoisotopic (exact) mass is 170 g/mol. The molecule has 1 saturated carbocycles. The van der Waals surface area contributed by atoms with Crippen molar-refractivity contribution in [3.05, 3.63) is 0 Å². The second-order valence-corrected chi connectivity index (χ2v) is 3.55. The lowest BCUT2D eigenvalue weighted by atomic mass is 10.2. The minimum absolute atomic E-state index is 0.122. The molecule has 0 aromatic carbocycles. The zero-order chi connectivity index (χ0) is 8.97. The molecule has 0 bridgehead atoms. The minimum atomic E-state index is -0.228. The van der Waals surface area contributed by atoms with Crippen LogP contribution in [0.4, 0.5) is 0 Å². The molecule has 3 nitrogen and oxygen atoms in total. The maximum absolute atomic E-state index is 10.8. The van der Waals surface area contributed by atoms with E-state index in [9.17, 15) is 4.79 Å². The lowest BCUT2D eigenvalue weighted by molar-refractivity contribution is -0.120. The summed E-state index contributed by atoms with van der Waals surface area (Å²) in [6.45, 7) is 2.91. The van der Waals surface area contributed by atoms with Gasteiger partial charge in [0.15, 0.2) is 0 Å². The number of hydrogen-bond acceptors (Lipinski definition) is 2. The largest absolute Gasteiger partial charge is 0.368 e. The van der Waals surface area contributed by atoms with Gasteiger partial charge in [-0.3, -0.25) is 4.79 Å². The topological polar surface area (TPSA) is 55.1 Å². The van der Waals surface area contributed by atoms with Crippen LogP contribution >= 0.6 is 0 Å². The molecular weight excluding hydrogens is 152 g/mol. The van der Waals surface area contributed by atoms with Gasteiger partial charge in [0.1, 0.15) is 0 Å². The van der Waals surface area contributed by atoms with Gasteiger partial charge < -0.3 is 11.1 Å². The molecule has 0 heterocycles. The van der Waals surface area contributed by atoms with E-state index >= 15 is 0 Å². The molecule has 0 radical (unpaired) electrons. The highest BCUT2D eigenvalue weighted by Crippen LogP contribution is 2.31. The Balaban J connectivity index is 2.05. The Morgan fingerprint density at radius 2 is 2.33 bits per heavy atom. The normalized spacial score (nSPS) is 19.1. The van der Waals surface area contributed by atoms with Crippen LogP contribution in [0, 0.1) is 5.92 Å². The van der Waals surface area contributed by atoms with E-state index in [1.54, 1.807) is 0 Å². The fourth-order valence-electron chi connectivity index (χ4n) is 1.31. The number of hydrogen-bond donors (Lipinski definition) is 2. The van der Waals surface area contributed by atoms with Gasteiger partial charge in [0.25, 0.3) is 0 Å². The zero-order valence-electron chi connectivity index (χ0n) is 7.68. The van der Waals surface area contributed by atoms with Crippen molar-refractivity contribution in [2.75, 3.05) is 6.54 Å². The third-order valence-electron chi connectivity index (χ3n) is 2.39. The number of nitrogens with two attached hydrogens (primary N) is 1. The van der Waals surface area contributed by atoms with Gasteiger partial charge in [-0.05, 0) is 25.3 Å². The molecule has 70 valence electrons. The maximum atomic E-state index is 10.8. The number of primary amides is 1. The molecule has 3 heteroatoms. The quantitative estimate of drug-likeness (QED) is 0.614. The minimum Gasteiger partial charge on any atom is -0.368 e.